The lowest BCUT2D eigenvalue weighted by Gasteiger charge is -2.14. The zero-order valence-electron chi connectivity index (χ0n) is 8.57. The van der Waals surface area contributed by atoms with E-state index >= 15 is 0 Å². The first-order chi connectivity index (χ1) is 7.50. The van der Waals surface area contributed by atoms with Gasteiger partial charge < -0.3 is 4.74 Å². The smallest absolute Gasteiger partial charge is 0.363 e. The van der Waals surface area contributed by atoms with Crippen molar-refractivity contribution in [1.82, 2.24) is 0 Å². The predicted molar refractivity (Wildman–Crippen MR) is 60.2 cm³/mol. The molecule has 1 unspecified atom stereocenters. The maximum atomic E-state index is 13.8. The zero-order chi connectivity index (χ0) is 12.2. The molecule has 1 atom stereocenters. The van der Waals surface area contributed by atoms with E-state index in [-0.39, 0.29) is 12.2 Å². The molecule has 0 spiro atoms. The fraction of sp³-hybridized carbons (Fsp3) is 0.273. The number of carbonyl (C=O) groups excluding carboxylic acids is 2. The van der Waals surface area contributed by atoms with Gasteiger partial charge in [-0.25, -0.2) is 9.18 Å². The molecule has 0 aliphatic carbocycles. The van der Waals surface area contributed by atoms with Crippen molar-refractivity contribution in [2.75, 3.05) is 6.61 Å². The van der Waals surface area contributed by atoms with Crippen molar-refractivity contribution in [1.29, 1.82) is 0 Å². The summed E-state index contributed by atoms with van der Waals surface area (Å²) in [7, 11) is 0. The molecule has 0 fully saturated rings. The van der Waals surface area contributed by atoms with E-state index in [0.29, 0.717) is 0 Å². The topological polar surface area (TPSA) is 43.4 Å². The Morgan fingerprint density at radius 3 is 2.44 bits per heavy atom. The van der Waals surface area contributed by atoms with Gasteiger partial charge >= 0.3 is 10.5 Å². The van der Waals surface area contributed by atoms with Crippen LogP contribution in [0.4, 0.5) is 4.39 Å². The van der Waals surface area contributed by atoms with Crippen LogP contribution < -0.4 is 0 Å². The van der Waals surface area contributed by atoms with E-state index in [1.165, 1.54) is 19.1 Å². The molecule has 0 aliphatic heterocycles. The molecule has 1 aromatic rings. The van der Waals surface area contributed by atoms with Gasteiger partial charge in [-0.1, -0.05) is 30.3 Å². The van der Waals surface area contributed by atoms with Crippen molar-refractivity contribution in [3.8, 4) is 0 Å². The Kier molecular flexibility index (Phi) is 4.18. The summed E-state index contributed by atoms with van der Waals surface area (Å²) in [6.07, 6.45) is 0. The summed E-state index contributed by atoms with van der Waals surface area (Å²) in [6.45, 7) is 1.55. The number of rotatable bonds is 4. The van der Waals surface area contributed by atoms with Crippen molar-refractivity contribution in [3.63, 3.8) is 0 Å². The molecule has 1 rings (SSSR count). The summed E-state index contributed by atoms with van der Waals surface area (Å²) in [5.41, 5.74) is 0.106. The average Bonchev–Trinajstić information content (AvgIpc) is 2.29. The molecule has 0 amide bonds. The zero-order valence-corrected chi connectivity index (χ0v) is 10.2. The van der Waals surface area contributed by atoms with Gasteiger partial charge in [0.1, 0.15) is 0 Å². The minimum Gasteiger partial charge on any atom is -0.463 e. The summed E-state index contributed by atoms with van der Waals surface area (Å²) < 4.78 is 15.5. The summed E-state index contributed by atoms with van der Waals surface area (Å²) in [6, 6.07) is 7.71. The van der Waals surface area contributed by atoms with Gasteiger partial charge in [-0.3, -0.25) is 4.79 Å². The van der Waals surface area contributed by atoms with E-state index in [1.807, 2.05) is 0 Å². The molecule has 86 valence electrons. The lowest BCUT2D eigenvalue weighted by molar-refractivity contribution is -0.148. The van der Waals surface area contributed by atoms with Crippen LogP contribution >= 0.6 is 15.9 Å². The molecule has 0 aliphatic rings. The van der Waals surface area contributed by atoms with Crippen molar-refractivity contribution in [3.05, 3.63) is 35.9 Å². The SMILES string of the molecule is CCOC(=O)C(F)(Br)C(=O)c1ccccc1. The molecule has 3 nitrogen and oxygen atoms in total. The van der Waals surface area contributed by atoms with Crippen LogP contribution in [-0.2, 0) is 9.53 Å². The molecule has 0 aromatic heterocycles. The van der Waals surface area contributed by atoms with E-state index in [2.05, 4.69) is 20.7 Å². The lowest BCUT2D eigenvalue weighted by atomic mass is 10.1. The molecule has 5 heteroatoms. The Morgan fingerprint density at radius 1 is 1.38 bits per heavy atom. The summed E-state index contributed by atoms with van der Waals surface area (Å²) in [5, 5.41) is 0. The van der Waals surface area contributed by atoms with Crippen molar-refractivity contribution in [2.24, 2.45) is 0 Å². The Hall–Kier alpha value is -1.23. The highest BCUT2D eigenvalue weighted by molar-refractivity contribution is 9.10. The Morgan fingerprint density at radius 2 is 1.94 bits per heavy atom. The third-order valence-corrected chi connectivity index (χ3v) is 2.54. The number of benzene rings is 1. The molecular formula is C11H10BrFO3. The molecule has 16 heavy (non-hydrogen) atoms. The average molecular weight is 289 g/mol. The maximum absolute atomic E-state index is 13.8. The number of carbonyl (C=O) groups is 2. The molecule has 0 radical (unpaired) electrons. The molecule has 0 N–H and O–H groups in total. The molecule has 0 bridgehead atoms. The monoisotopic (exact) mass is 288 g/mol. The van der Waals surface area contributed by atoms with Crippen LogP contribution in [0.3, 0.4) is 0 Å². The second kappa shape index (κ2) is 5.21. The fourth-order valence-electron chi connectivity index (χ4n) is 1.09. The third-order valence-electron chi connectivity index (χ3n) is 1.85. The van der Waals surface area contributed by atoms with Gasteiger partial charge in [-0.05, 0) is 22.9 Å². The molecule has 0 heterocycles. The quantitative estimate of drug-likeness (QED) is 0.370. The van der Waals surface area contributed by atoms with E-state index in [0.717, 1.165) is 0 Å². The van der Waals surface area contributed by atoms with Gasteiger partial charge in [-0.15, -0.1) is 0 Å². The number of ketones is 1. The predicted octanol–water partition coefficient (Wildman–Crippen LogP) is 2.49. The second-order valence-electron chi connectivity index (χ2n) is 2.99. The van der Waals surface area contributed by atoms with Gasteiger partial charge in [0.25, 0.3) is 0 Å². The van der Waals surface area contributed by atoms with Crippen molar-refractivity contribution < 1.29 is 18.7 Å². The van der Waals surface area contributed by atoms with Crippen LogP contribution in [0.2, 0.25) is 0 Å². The van der Waals surface area contributed by atoms with Crippen molar-refractivity contribution in [2.45, 2.75) is 11.5 Å². The molecule has 1 aromatic carbocycles. The van der Waals surface area contributed by atoms with E-state index < -0.39 is 16.3 Å². The van der Waals surface area contributed by atoms with Crippen LogP contribution in [0.1, 0.15) is 17.3 Å². The van der Waals surface area contributed by atoms with E-state index in [4.69, 9.17) is 0 Å². The summed E-state index contributed by atoms with van der Waals surface area (Å²) in [4.78, 5) is 22.9. The first-order valence-corrected chi connectivity index (χ1v) is 5.44. The van der Waals surface area contributed by atoms with Crippen LogP contribution in [-0.4, -0.2) is 22.9 Å². The summed E-state index contributed by atoms with van der Waals surface area (Å²) >= 11 is 2.46. The third kappa shape index (κ3) is 2.66. The van der Waals surface area contributed by atoms with Crippen LogP contribution in [0.15, 0.2) is 30.3 Å². The lowest BCUT2D eigenvalue weighted by Crippen LogP contribution is -2.37. The van der Waals surface area contributed by atoms with Gasteiger partial charge in [0.2, 0.25) is 5.78 Å². The van der Waals surface area contributed by atoms with Gasteiger partial charge in [-0.2, -0.15) is 0 Å². The van der Waals surface area contributed by atoms with Gasteiger partial charge in [0.15, 0.2) is 0 Å². The number of hydrogen-bond acceptors (Lipinski definition) is 3. The fourth-order valence-corrected chi connectivity index (χ4v) is 1.43. The maximum Gasteiger partial charge on any atom is 0.363 e. The van der Waals surface area contributed by atoms with Crippen LogP contribution in [0.25, 0.3) is 0 Å². The standard InChI is InChI=1S/C11H10BrFO3/c1-2-16-10(15)11(12,13)9(14)8-6-4-3-5-7-8/h3-7H,2H2,1H3. The summed E-state index contributed by atoms with van der Waals surface area (Å²) in [5.74, 6) is -2.20. The van der Waals surface area contributed by atoms with E-state index in [9.17, 15) is 14.0 Å². The molecule has 0 saturated heterocycles. The molecule has 0 saturated carbocycles. The van der Waals surface area contributed by atoms with E-state index in [1.54, 1.807) is 18.2 Å². The first-order valence-electron chi connectivity index (χ1n) is 4.65. The van der Waals surface area contributed by atoms with Crippen LogP contribution in [0, 0.1) is 0 Å². The largest absolute Gasteiger partial charge is 0.463 e. The number of alkyl halides is 2. The minimum absolute atomic E-state index is 0.0121. The van der Waals surface area contributed by atoms with Crippen molar-refractivity contribution >= 4 is 27.7 Å². The first kappa shape index (κ1) is 12.8. The highest BCUT2D eigenvalue weighted by Gasteiger charge is 2.45. The van der Waals surface area contributed by atoms with Gasteiger partial charge in [0.05, 0.1) is 6.61 Å². The Bertz CT molecular complexity index is 389. The second-order valence-corrected chi connectivity index (χ2v) is 4.08. The van der Waals surface area contributed by atoms with Gasteiger partial charge in [0, 0.05) is 5.56 Å². The Labute approximate surface area is 101 Å². The highest BCUT2D eigenvalue weighted by atomic mass is 79.9. The number of ether oxygens (including phenoxy) is 1. The Balaban J connectivity index is 2.92. The number of hydrogen-bond donors (Lipinski definition) is 0. The normalized spacial score (nSPS) is 13.9. The number of halogens is 2. The minimum atomic E-state index is -2.82. The highest BCUT2D eigenvalue weighted by Crippen LogP contribution is 2.27. The number of esters is 1. The number of Topliss-reactive ketones (excluding diaryl/α,β-unsaturated/α-hetero) is 1. The van der Waals surface area contributed by atoms with Crippen LogP contribution in [0.5, 0.6) is 0 Å². The molecular weight excluding hydrogens is 279 g/mol.